The van der Waals surface area contributed by atoms with E-state index in [2.05, 4.69) is 5.32 Å². The molecule has 0 unspecified atom stereocenters. The topological polar surface area (TPSA) is 55.1 Å². The van der Waals surface area contributed by atoms with Crippen LogP contribution in [0.25, 0.3) is 0 Å². The number of amides is 1. The van der Waals surface area contributed by atoms with E-state index in [1.807, 2.05) is 24.3 Å². The van der Waals surface area contributed by atoms with Crippen molar-refractivity contribution in [2.75, 3.05) is 13.6 Å². The third-order valence-electron chi connectivity index (χ3n) is 1.88. The van der Waals surface area contributed by atoms with Gasteiger partial charge < -0.3 is 11.1 Å². The molecule has 0 heterocycles. The van der Waals surface area contributed by atoms with Crippen LogP contribution in [0.3, 0.4) is 0 Å². The summed E-state index contributed by atoms with van der Waals surface area (Å²) in [6, 6.07) is 7.47. The molecule has 0 aliphatic rings. The lowest BCUT2D eigenvalue weighted by molar-refractivity contribution is 0.0963. The molecular weight excluding hydrogens is 200 g/mol. The van der Waals surface area contributed by atoms with Crippen LogP contribution < -0.4 is 11.1 Å². The van der Waals surface area contributed by atoms with Crippen molar-refractivity contribution in [1.82, 2.24) is 5.32 Å². The van der Waals surface area contributed by atoms with E-state index in [4.69, 9.17) is 5.73 Å². The van der Waals surface area contributed by atoms with Gasteiger partial charge in [-0.3, -0.25) is 4.79 Å². The number of rotatable bonds is 3. The molecule has 0 bridgehead atoms. The molecule has 0 atom stereocenters. The van der Waals surface area contributed by atoms with E-state index >= 15 is 0 Å². The van der Waals surface area contributed by atoms with Crippen molar-refractivity contribution in [2.45, 2.75) is 6.42 Å². The molecule has 0 radical (unpaired) electrons. The number of benzene rings is 1. The van der Waals surface area contributed by atoms with Crippen LogP contribution in [0.15, 0.2) is 24.3 Å². The first-order valence-corrected chi connectivity index (χ1v) is 4.29. The summed E-state index contributed by atoms with van der Waals surface area (Å²) in [4.78, 5) is 11.1. The van der Waals surface area contributed by atoms with Gasteiger partial charge in [-0.2, -0.15) is 0 Å². The monoisotopic (exact) mass is 214 g/mol. The van der Waals surface area contributed by atoms with Crippen LogP contribution in [0, 0.1) is 0 Å². The molecule has 78 valence electrons. The third kappa shape index (κ3) is 3.36. The smallest absolute Gasteiger partial charge is 0.251 e. The summed E-state index contributed by atoms with van der Waals surface area (Å²) < 4.78 is 0. The summed E-state index contributed by atoms with van der Waals surface area (Å²) >= 11 is 0. The fourth-order valence-electron chi connectivity index (χ4n) is 1.13. The molecule has 0 saturated carbocycles. The Kier molecular flexibility index (Phi) is 5.92. The fourth-order valence-corrected chi connectivity index (χ4v) is 1.13. The Balaban J connectivity index is 0.00000169. The molecule has 0 aliphatic carbocycles. The van der Waals surface area contributed by atoms with Crippen molar-refractivity contribution in [1.29, 1.82) is 0 Å². The average Bonchev–Trinajstić information content (AvgIpc) is 2.18. The normalized spacial score (nSPS) is 9.00. The van der Waals surface area contributed by atoms with Gasteiger partial charge in [-0.05, 0) is 30.7 Å². The molecule has 3 N–H and O–H groups in total. The van der Waals surface area contributed by atoms with Gasteiger partial charge in [0.2, 0.25) is 0 Å². The van der Waals surface area contributed by atoms with E-state index in [1.54, 1.807) is 7.05 Å². The van der Waals surface area contributed by atoms with Gasteiger partial charge in [0, 0.05) is 12.6 Å². The van der Waals surface area contributed by atoms with Crippen LogP contribution >= 0.6 is 12.4 Å². The van der Waals surface area contributed by atoms with Crippen molar-refractivity contribution in [2.24, 2.45) is 5.73 Å². The van der Waals surface area contributed by atoms with Gasteiger partial charge in [-0.15, -0.1) is 12.4 Å². The van der Waals surface area contributed by atoms with E-state index in [9.17, 15) is 4.79 Å². The summed E-state index contributed by atoms with van der Waals surface area (Å²) in [5, 5.41) is 2.57. The molecular formula is C10H15ClN2O. The lowest BCUT2D eigenvalue weighted by Crippen LogP contribution is -2.17. The van der Waals surface area contributed by atoms with Crippen LogP contribution in [-0.2, 0) is 6.42 Å². The highest BCUT2D eigenvalue weighted by Crippen LogP contribution is 2.04. The van der Waals surface area contributed by atoms with Gasteiger partial charge in [0.1, 0.15) is 0 Å². The van der Waals surface area contributed by atoms with Gasteiger partial charge in [0.05, 0.1) is 0 Å². The minimum absolute atomic E-state index is 0. The Morgan fingerprint density at radius 2 is 1.93 bits per heavy atom. The van der Waals surface area contributed by atoms with E-state index in [0.717, 1.165) is 12.0 Å². The molecule has 1 aromatic carbocycles. The highest BCUT2D eigenvalue weighted by molar-refractivity contribution is 5.93. The summed E-state index contributed by atoms with van der Waals surface area (Å²) in [6.45, 7) is 0.638. The fraction of sp³-hybridized carbons (Fsp3) is 0.300. The van der Waals surface area contributed by atoms with Crippen molar-refractivity contribution in [3.05, 3.63) is 35.4 Å². The minimum atomic E-state index is -0.0562. The third-order valence-corrected chi connectivity index (χ3v) is 1.88. The summed E-state index contributed by atoms with van der Waals surface area (Å²) in [5.41, 5.74) is 7.25. The van der Waals surface area contributed by atoms with E-state index in [0.29, 0.717) is 12.1 Å². The average molecular weight is 215 g/mol. The predicted molar refractivity (Wildman–Crippen MR) is 59.8 cm³/mol. The van der Waals surface area contributed by atoms with Crippen LogP contribution in [-0.4, -0.2) is 19.5 Å². The highest BCUT2D eigenvalue weighted by atomic mass is 35.5. The maximum atomic E-state index is 11.1. The molecule has 1 amide bonds. The number of carbonyl (C=O) groups excluding carboxylic acids is 1. The van der Waals surface area contributed by atoms with Crippen LogP contribution in [0.2, 0.25) is 0 Å². The molecule has 14 heavy (non-hydrogen) atoms. The number of halogens is 1. The zero-order valence-corrected chi connectivity index (χ0v) is 8.93. The Hall–Kier alpha value is -1.06. The van der Waals surface area contributed by atoms with Crippen LogP contribution in [0.4, 0.5) is 0 Å². The van der Waals surface area contributed by atoms with Crippen molar-refractivity contribution < 1.29 is 4.79 Å². The van der Waals surface area contributed by atoms with E-state index < -0.39 is 0 Å². The standard InChI is InChI=1S/C10H14N2O.ClH/c1-12-10(13)9-4-2-8(3-5-9)6-7-11;/h2-5H,6-7,11H2,1H3,(H,12,13);1H. The number of hydrogen-bond donors (Lipinski definition) is 2. The lowest BCUT2D eigenvalue weighted by Gasteiger charge is -2.01. The highest BCUT2D eigenvalue weighted by Gasteiger charge is 2.01. The number of nitrogens with one attached hydrogen (secondary N) is 1. The molecule has 3 nitrogen and oxygen atoms in total. The maximum Gasteiger partial charge on any atom is 0.251 e. The van der Waals surface area contributed by atoms with Gasteiger partial charge in [0.25, 0.3) is 5.91 Å². The number of carbonyl (C=O) groups is 1. The van der Waals surface area contributed by atoms with E-state index in [-0.39, 0.29) is 18.3 Å². The maximum absolute atomic E-state index is 11.1. The quantitative estimate of drug-likeness (QED) is 0.788. The Bertz CT molecular complexity index is 285. The second kappa shape index (κ2) is 6.40. The molecule has 0 aliphatic heterocycles. The number of hydrogen-bond acceptors (Lipinski definition) is 2. The van der Waals surface area contributed by atoms with E-state index in [1.165, 1.54) is 0 Å². The van der Waals surface area contributed by atoms with Crippen molar-refractivity contribution >= 4 is 18.3 Å². The summed E-state index contributed by atoms with van der Waals surface area (Å²) in [5.74, 6) is -0.0562. The van der Waals surface area contributed by atoms with Crippen LogP contribution in [0.5, 0.6) is 0 Å². The second-order valence-corrected chi connectivity index (χ2v) is 2.81. The molecule has 0 spiro atoms. The molecule has 4 heteroatoms. The Morgan fingerprint density at radius 1 is 1.36 bits per heavy atom. The van der Waals surface area contributed by atoms with Gasteiger partial charge >= 0.3 is 0 Å². The summed E-state index contributed by atoms with van der Waals surface area (Å²) in [6.07, 6.45) is 0.855. The first-order valence-electron chi connectivity index (χ1n) is 4.29. The molecule has 0 fully saturated rings. The Labute approximate surface area is 90.1 Å². The molecule has 1 aromatic rings. The zero-order chi connectivity index (χ0) is 9.68. The Morgan fingerprint density at radius 3 is 2.36 bits per heavy atom. The first kappa shape index (κ1) is 12.9. The van der Waals surface area contributed by atoms with Gasteiger partial charge in [0.15, 0.2) is 0 Å². The zero-order valence-electron chi connectivity index (χ0n) is 8.12. The van der Waals surface area contributed by atoms with Crippen LogP contribution in [0.1, 0.15) is 15.9 Å². The molecule has 0 aromatic heterocycles. The summed E-state index contributed by atoms with van der Waals surface area (Å²) in [7, 11) is 1.62. The minimum Gasteiger partial charge on any atom is -0.355 e. The lowest BCUT2D eigenvalue weighted by atomic mass is 10.1. The first-order chi connectivity index (χ1) is 6.27. The van der Waals surface area contributed by atoms with Gasteiger partial charge in [-0.25, -0.2) is 0 Å². The van der Waals surface area contributed by atoms with Crippen molar-refractivity contribution in [3.8, 4) is 0 Å². The van der Waals surface area contributed by atoms with Gasteiger partial charge in [-0.1, -0.05) is 12.1 Å². The molecule has 1 rings (SSSR count). The number of nitrogens with two attached hydrogens (primary N) is 1. The SMILES string of the molecule is CNC(=O)c1ccc(CCN)cc1.Cl. The van der Waals surface area contributed by atoms with Crippen molar-refractivity contribution in [3.63, 3.8) is 0 Å². The second-order valence-electron chi connectivity index (χ2n) is 2.81. The largest absolute Gasteiger partial charge is 0.355 e. The predicted octanol–water partition coefficient (Wildman–Crippen LogP) is 0.969. The molecule has 0 saturated heterocycles.